The maximum Gasteiger partial charge on any atom is 0.337 e. The summed E-state index contributed by atoms with van der Waals surface area (Å²) in [5.41, 5.74) is 3.59. The number of carbonyl (C=O) groups excluding carboxylic acids is 1. The molecule has 1 aliphatic rings. The van der Waals surface area contributed by atoms with Crippen molar-refractivity contribution < 1.29 is 14.3 Å². The van der Waals surface area contributed by atoms with E-state index in [1.807, 2.05) is 38.1 Å². The highest BCUT2D eigenvalue weighted by Crippen LogP contribution is 2.59. The van der Waals surface area contributed by atoms with Crippen LogP contribution in [0.15, 0.2) is 53.6 Å². The molecular weight excluding hydrogens is 336 g/mol. The molecular formula is C21H25ClO3. The molecule has 0 aliphatic heterocycles. The van der Waals surface area contributed by atoms with Gasteiger partial charge in [-0.1, -0.05) is 42.3 Å². The molecule has 2 rings (SSSR count). The second kappa shape index (κ2) is 7.92. The number of carbonyl (C=O) groups is 1. The molecule has 1 aliphatic carbocycles. The summed E-state index contributed by atoms with van der Waals surface area (Å²) in [7, 11) is 3.01. The van der Waals surface area contributed by atoms with Crippen LogP contribution in [-0.2, 0) is 9.53 Å². The molecule has 25 heavy (non-hydrogen) atoms. The van der Waals surface area contributed by atoms with Crippen molar-refractivity contribution in [3.05, 3.63) is 64.2 Å². The van der Waals surface area contributed by atoms with Crippen LogP contribution in [0, 0.1) is 11.8 Å². The minimum Gasteiger partial charge on any atom is -0.497 e. The number of halogens is 1. The highest BCUT2D eigenvalue weighted by atomic mass is 35.5. The molecule has 134 valence electrons. The molecule has 1 fully saturated rings. The largest absolute Gasteiger partial charge is 0.497 e. The van der Waals surface area contributed by atoms with Gasteiger partial charge in [0.15, 0.2) is 0 Å². The second-order valence-corrected chi connectivity index (χ2v) is 7.03. The van der Waals surface area contributed by atoms with E-state index in [0.29, 0.717) is 23.3 Å². The molecule has 0 aromatic heterocycles. The third kappa shape index (κ3) is 4.35. The zero-order valence-corrected chi connectivity index (χ0v) is 16.2. The molecule has 3 nitrogen and oxygen atoms in total. The van der Waals surface area contributed by atoms with Gasteiger partial charge >= 0.3 is 5.97 Å². The summed E-state index contributed by atoms with van der Waals surface area (Å²) in [6, 6.07) is 5.81. The Hall–Kier alpha value is -2.00. The highest BCUT2D eigenvalue weighted by molar-refractivity contribution is 6.31. The van der Waals surface area contributed by atoms with Crippen LogP contribution in [0.25, 0.3) is 0 Å². The average molecular weight is 361 g/mol. The topological polar surface area (TPSA) is 35.5 Å². The zero-order valence-electron chi connectivity index (χ0n) is 15.4. The van der Waals surface area contributed by atoms with E-state index in [2.05, 4.69) is 13.5 Å². The van der Waals surface area contributed by atoms with E-state index >= 15 is 0 Å². The van der Waals surface area contributed by atoms with Crippen LogP contribution in [-0.4, -0.2) is 20.2 Å². The van der Waals surface area contributed by atoms with Gasteiger partial charge in [0, 0.05) is 5.02 Å². The molecule has 1 aromatic rings. The van der Waals surface area contributed by atoms with Crippen molar-refractivity contribution in [1.29, 1.82) is 0 Å². The number of benzene rings is 1. The van der Waals surface area contributed by atoms with Crippen LogP contribution in [0.2, 0.25) is 5.02 Å². The van der Waals surface area contributed by atoms with Crippen LogP contribution < -0.4 is 4.74 Å². The summed E-state index contributed by atoms with van der Waals surface area (Å²) in [6.07, 6.45) is 3.65. The number of esters is 1. The standard InChI is InChI=1S/C21H25ClO3/c1-12(2)9-15(21(23)25-6)10-13(3)19-14(4)20(19)17-8-7-16(24-5)11-18(17)22/h7-11,14,19-20H,1H2,2-6H3. The number of hydrogen-bond donors (Lipinski definition) is 0. The normalized spacial score (nSPS) is 23.2. The first-order valence-electron chi connectivity index (χ1n) is 8.27. The van der Waals surface area contributed by atoms with Crippen LogP contribution in [0.5, 0.6) is 5.75 Å². The van der Waals surface area contributed by atoms with Gasteiger partial charge in [-0.05, 0) is 61.4 Å². The molecule has 0 N–H and O–H groups in total. The minimum absolute atomic E-state index is 0.346. The van der Waals surface area contributed by atoms with E-state index in [4.69, 9.17) is 21.1 Å². The monoisotopic (exact) mass is 360 g/mol. The highest BCUT2D eigenvalue weighted by Gasteiger charge is 2.49. The number of rotatable bonds is 6. The van der Waals surface area contributed by atoms with Gasteiger partial charge in [0.25, 0.3) is 0 Å². The lowest BCUT2D eigenvalue weighted by Crippen LogP contribution is -2.04. The van der Waals surface area contributed by atoms with Crippen molar-refractivity contribution >= 4 is 17.6 Å². The Morgan fingerprint density at radius 2 is 1.92 bits per heavy atom. The first kappa shape index (κ1) is 19.3. The summed E-state index contributed by atoms with van der Waals surface area (Å²) < 4.78 is 10.1. The van der Waals surface area contributed by atoms with Gasteiger partial charge < -0.3 is 9.47 Å². The summed E-state index contributed by atoms with van der Waals surface area (Å²) in [6.45, 7) is 9.95. The van der Waals surface area contributed by atoms with Gasteiger partial charge in [-0.3, -0.25) is 0 Å². The summed E-state index contributed by atoms with van der Waals surface area (Å²) in [5, 5.41) is 0.720. The van der Waals surface area contributed by atoms with E-state index in [1.54, 1.807) is 13.2 Å². The minimum atomic E-state index is -0.352. The fraction of sp³-hybridized carbons (Fsp3) is 0.381. The summed E-state index contributed by atoms with van der Waals surface area (Å²) in [4.78, 5) is 12.0. The van der Waals surface area contributed by atoms with E-state index < -0.39 is 0 Å². The lowest BCUT2D eigenvalue weighted by molar-refractivity contribution is -0.135. The molecule has 0 amide bonds. The van der Waals surface area contributed by atoms with E-state index in [1.165, 1.54) is 7.11 Å². The predicted octanol–water partition coefficient (Wildman–Crippen LogP) is 5.32. The molecule has 4 heteroatoms. The smallest absolute Gasteiger partial charge is 0.337 e. The summed E-state index contributed by atoms with van der Waals surface area (Å²) >= 11 is 6.43. The van der Waals surface area contributed by atoms with Crippen molar-refractivity contribution in [3.63, 3.8) is 0 Å². The SMILES string of the molecule is C=C(C)C=C(C=C(C)C1C(C)C1c1ccc(OC)cc1Cl)C(=O)OC. The van der Waals surface area contributed by atoms with Crippen molar-refractivity contribution in [2.24, 2.45) is 11.8 Å². The van der Waals surface area contributed by atoms with Crippen molar-refractivity contribution in [2.45, 2.75) is 26.7 Å². The number of allylic oxidation sites excluding steroid dienone is 3. The lowest BCUT2D eigenvalue weighted by atomic mass is 10.0. The Morgan fingerprint density at radius 3 is 2.44 bits per heavy atom. The van der Waals surface area contributed by atoms with Crippen LogP contribution in [0.3, 0.4) is 0 Å². The first-order chi connectivity index (χ1) is 11.8. The second-order valence-electron chi connectivity index (χ2n) is 6.62. The molecule has 0 spiro atoms. The lowest BCUT2D eigenvalue weighted by Gasteiger charge is -2.07. The van der Waals surface area contributed by atoms with Gasteiger partial charge in [0.05, 0.1) is 19.8 Å². The molecule has 3 atom stereocenters. The van der Waals surface area contributed by atoms with E-state index in [9.17, 15) is 4.79 Å². The quantitative estimate of drug-likeness (QED) is 0.391. The number of hydrogen-bond acceptors (Lipinski definition) is 3. The van der Waals surface area contributed by atoms with Crippen molar-refractivity contribution in [1.82, 2.24) is 0 Å². The van der Waals surface area contributed by atoms with Gasteiger partial charge in [-0.15, -0.1) is 0 Å². The Bertz CT molecular complexity index is 746. The molecule has 1 aromatic carbocycles. The molecule has 1 saturated carbocycles. The Kier molecular flexibility index (Phi) is 6.12. The molecule has 0 heterocycles. The van der Waals surface area contributed by atoms with Crippen molar-refractivity contribution in [2.75, 3.05) is 14.2 Å². The fourth-order valence-electron chi connectivity index (χ4n) is 3.43. The molecule has 0 radical (unpaired) electrons. The predicted molar refractivity (Wildman–Crippen MR) is 102 cm³/mol. The summed E-state index contributed by atoms with van der Waals surface area (Å²) in [5.74, 6) is 1.56. The Morgan fingerprint density at radius 1 is 1.24 bits per heavy atom. The Labute approximate surface area is 155 Å². The average Bonchev–Trinajstić information content (AvgIpc) is 3.23. The van der Waals surface area contributed by atoms with E-state index in [-0.39, 0.29) is 5.97 Å². The number of methoxy groups -OCH3 is 2. The van der Waals surface area contributed by atoms with Crippen LogP contribution in [0.4, 0.5) is 0 Å². The maximum atomic E-state index is 12.0. The van der Waals surface area contributed by atoms with Gasteiger partial charge in [0.1, 0.15) is 5.75 Å². The van der Waals surface area contributed by atoms with E-state index in [0.717, 1.165) is 27.5 Å². The molecule has 3 unspecified atom stereocenters. The zero-order chi connectivity index (χ0) is 18.7. The maximum absolute atomic E-state index is 12.0. The third-order valence-electron chi connectivity index (χ3n) is 4.68. The Balaban J connectivity index is 2.27. The third-order valence-corrected chi connectivity index (χ3v) is 5.00. The first-order valence-corrected chi connectivity index (χ1v) is 8.65. The number of ether oxygens (including phenoxy) is 2. The molecule has 0 saturated heterocycles. The van der Waals surface area contributed by atoms with Gasteiger partial charge in [-0.2, -0.15) is 0 Å². The van der Waals surface area contributed by atoms with Crippen molar-refractivity contribution in [3.8, 4) is 5.75 Å². The van der Waals surface area contributed by atoms with Gasteiger partial charge in [-0.25, -0.2) is 4.79 Å². The van der Waals surface area contributed by atoms with Gasteiger partial charge in [0.2, 0.25) is 0 Å². The fourth-order valence-corrected chi connectivity index (χ4v) is 3.72. The van der Waals surface area contributed by atoms with Crippen LogP contribution in [0.1, 0.15) is 32.3 Å². The van der Waals surface area contributed by atoms with Crippen LogP contribution >= 0.6 is 11.6 Å². The molecule has 0 bridgehead atoms.